The molecule has 166 valence electrons. The van der Waals surface area contributed by atoms with Crippen LogP contribution >= 0.6 is 0 Å². The summed E-state index contributed by atoms with van der Waals surface area (Å²) in [7, 11) is -3.83. The lowest BCUT2D eigenvalue weighted by Crippen LogP contribution is -2.48. The molecule has 0 fully saturated rings. The molecule has 0 aromatic heterocycles. The normalized spacial score (nSPS) is 15.4. The molecule has 0 saturated heterocycles. The highest BCUT2D eigenvalue weighted by Gasteiger charge is 2.41. The van der Waals surface area contributed by atoms with Crippen molar-refractivity contribution in [2.45, 2.75) is 83.3 Å². The molecule has 0 aliphatic heterocycles. The van der Waals surface area contributed by atoms with Gasteiger partial charge in [-0.25, -0.2) is 4.79 Å². The van der Waals surface area contributed by atoms with E-state index in [1.807, 2.05) is 6.07 Å². The van der Waals surface area contributed by atoms with Gasteiger partial charge in [-0.1, -0.05) is 77.2 Å². The van der Waals surface area contributed by atoms with Crippen molar-refractivity contribution in [2.75, 3.05) is 0 Å². The summed E-state index contributed by atoms with van der Waals surface area (Å²) in [5.74, 6) is 2.58. The first-order chi connectivity index (χ1) is 13.7. The molecule has 0 aliphatic carbocycles. The maximum atomic E-state index is 12.5. The van der Waals surface area contributed by atoms with Gasteiger partial charge in [0.05, 0.1) is 11.7 Å². The van der Waals surface area contributed by atoms with Crippen molar-refractivity contribution in [1.82, 2.24) is 0 Å². The topological polar surface area (TPSA) is 55.8 Å². The lowest BCUT2D eigenvalue weighted by molar-refractivity contribution is 0.00863. The maximum Gasteiger partial charge on any atom is 0.338 e. The van der Waals surface area contributed by atoms with Gasteiger partial charge in [0.15, 0.2) is 8.32 Å². The van der Waals surface area contributed by atoms with E-state index in [1.54, 1.807) is 30.3 Å². The highest BCUT2D eigenvalue weighted by molar-refractivity contribution is 6.83. The van der Waals surface area contributed by atoms with E-state index in [0.29, 0.717) is 12.0 Å². The van der Waals surface area contributed by atoms with Crippen LogP contribution < -0.4 is 0 Å². The van der Waals surface area contributed by atoms with Gasteiger partial charge < -0.3 is 14.3 Å². The number of aliphatic hydroxyl groups excluding tert-OH is 1. The first-order valence-corrected chi connectivity index (χ1v) is 16.8. The number of carbonyl (C=O) groups excluding carboxylic acids is 1. The van der Waals surface area contributed by atoms with Crippen LogP contribution in [0.1, 0.15) is 37.6 Å². The van der Waals surface area contributed by atoms with Gasteiger partial charge >= 0.3 is 5.97 Å². The second-order valence-electron chi connectivity index (χ2n) is 10.2. The minimum atomic E-state index is -2.18. The molecule has 1 N–H and O–H groups in total. The molecule has 0 unspecified atom stereocenters. The van der Waals surface area contributed by atoms with Gasteiger partial charge in [-0.05, 0) is 30.3 Å². The summed E-state index contributed by atoms with van der Waals surface area (Å²) in [6, 6.07) is 8.84. The molecule has 0 saturated carbocycles. The number of ether oxygens (including phenoxy) is 1. The van der Waals surface area contributed by atoms with Crippen LogP contribution in [0.4, 0.5) is 0 Å². The average Bonchev–Trinajstić information content (AvgIpc) is 2.63. The van der Waals surface area contributed by atoms with E-state index in [0.717, 1.165) is 0 Å². The second kappa shape index (κ2) is 10.6. The van der Waals surface area contributed by atoms with E-state index in [2.05, 4.69) is 71.5 Å². The molecule has 0 radical (unpaired) electrons. The van der Waals surface area contributed by atoms with Gasteiger partial charge in [-0.3, -0.25) is 0 Å². The Kier molecular flexibility index (Phi) is 9.31. The lowest BCUT2D eigenvalue weighted by Gasteiger charge is -2.40. The quantitative estimate of drug-likeness (QED) is 0.251. The molecule has 30 heavy (non-hydrogen) atoms. The molecule has 1 aromatic rings. The SMILES string of the molecule is C=C[C@H](C[C@H](O[Si](C)(C)C(C)(C)C)[C@H](O)C#C[Si](C)(C)C)OC(=O)c1ccccc1. The molecule has 0 bridgehead atoms. The van der Waals surface area contributed by atoms with Crippen LogP contribution in [-0.4, -0.2) is 45.8 Å². The van der Waals surface area contributed by atoms with Crippen LogP contribution in [0.2, 0.25) is 37.8 Å². The zero-order chi connectivity index (χ0) is 23.2. The van der Waals surface area contributed by atoms with Crippen molar-refractivity contribution in [3.05, 3.63) is 48.6 Å². The summed E-state index contributed by atoms with van der Waals surface area (Å²) < 4.78 is 12.2. The van der Waals surface area contributed by atoms with Gasteiger partial charge in [0.25, 0.3) is 0 Å². The van der Waals surface area contributed by atoms with Crippen molar-refractivity contribution in [3.8, 4) is 11.5 Å². The Balaban J connectivity index is 3.08. The molecule has 0 amide bonds. The van der Waals surface area contributed by atoms with Crippen molar-refractivity contribution in [3.63, 3.8) is 0 Å². The maximum absolute atomic E-state index is 12.5. The third-order valence-electron chi connectivity index (χ3n) is 5.19. The van der Waals surface area contributed by atoms with Crippen LogP contribution in [0.3, 0.4) is 0 Å². The van der Waals surface area contributed by atoms with Crippen LogP contribution in [0, 0.1) is 11.5 Å². The molecule has 3 atom stereocenters. The summed E-state index contributed by atoms with van der Waals surface area (Å²) in [5.41, 5.74) is 3.70. The number of esters is 1. The minimum absolute atomic E-state index is 0.0262. The number of rotatable bonds is 8. The van der Waals surface area contributed by atoms with Crippen LogP contribution in [0.15, 0.2) is 43.0 Å². The number of aliphatic hydroxyl groups is 1. The van der Waals surface area contributed by atoms with Gasteiger partial charge in [-0.15, -0.1) is 5.54 Å². The average molecular weight is 447 g/mol. The van der Waals surface area contributed by atoms with E-state index in [4.69, 9.17) is 9.16 Å². The standard InChI is InChI=1S/C24H38O4Si2/c1-10-20(27-23(26)19-14-12-11-13-15-19)18-22(21(25)16-17-29(5,6)7)28-30(8,9)24(2,3)4/h10-15,20-22,25H,1,18H2,2-9H3/t20-,21-,22+/m1/s1. The smallest absolute Gasteiger partial charge is 0.338 e. The number of hydrogen-bond acceptors (Lipinski definition) is 4. The number of benzene rings is 1. The van der Waals surface area contributed by atoms with Gasteiger partial charge in [-0.2, -0.15) is 0 Å². The number of carbonyl (C=O) groups is 1. The molecular formula is C24H38O4Si2. The summed E-state index contributed by atoms with van der Waals surface area (Å²) >= 11 is 0. The monoisotopic (exact) mass is 446 g/mol. The first-order valence-electron chi connectivity index (χ1n) is 10.4. The Morgan fingerprint density at radius 1 is 1.17 bits per heavy atom. The van der Waals surface area contributed by atoms with E-state index in [-0.39, 0.29) is 5.04 Å². The molecular weight excluding hydrogens is 408 g/mol. The van der Waals surface area contributed by atoms with Gasteiger partial charge in [0.2, 0.25) is 0 Å². The Morgan fingerprint density at radius 2 is 1.73 bits per heavy atom. The lowest BCUT2D eigenvalue weighted by atomic mass is 10.1. The molecule has 0 heterocycles. The Morgan fingerprint density at radius 3 is 2.20 bits per heavy atom. The van der Waals surface area contributed by atoms with E-state index in [1.165, 1.54) is 0 Å². The predicted molar refractivity (Wildman–Crippen MR) is 130 cm³/mol. The number of hydrogen-bond donors (Lipinski definition) is 1. The van der Waals surface area contributed by atoms with E-state index >= 15 is 0 Å². The van der Waals surface area contributed by atoms with E-state index < -0.39 is 40.7 Å². The third-order valence-corrected chi connectivity index (χ3v) is 10.6. The Hall–Kier alpha value is -1.66. The highest BCUT2D eigenvalue weighted by Crippen LogP contribution is 2.38. The largest absolute Gasteiger partial charge is 0.454 e. The summed E-state index contributed by atoms with van der Waals surface area (Å²) in [5, 5.41) is 10.8. The van der Waals surface area contributed by atoms with Crippen LogP contribution in [0.25, 0.3) is 0 Å². The minimum Gasteiger partial charge on any atom is -0.454 e. The van der Waals surface area contributed by atoms with Gasteiger partial charge in [0, 0.05) is 6.42 Å². The highest BCUT2D eigenvalue weighted by atomic mass is 28.4. The van der Waals surface area contributed by atoms with Crippen molar-refractivity contribution in [2.24, 2.45) is 0 Å². The van der Waals surface area contributed by atoms with E-state index in [9.17, 15) is 9.90 Å². The van der Waals surface area contributed by atoms with Crippen LogP contribution in [-0.2, 0) is 9.16 Å². The fraction of sp³-hybridized carbons (Fsp3) is 0.542. The second-order valence-corrected chi connectivity index (χ2v) is 19.7. The summed E-state index contributed by atoms with van der Waals surface area (Å²) in [6.45, 7) is 20.9. The summed E-state index contributed by atoms with van der Waals surface area (Å²) in [6.07, 6.45) is -0.224. The molecule has 1 aromatic carbocycles. The van der Waals surface area contributed by atoms with Crippen molar-refractivity contribution < 1.29 is 19.1 Å². The zero-order valence-electron chi connectivity index (χ0n) is 19.8. The zero-order valence-corrected chi connectivity index (χ0v) is 21.8. The first kappa shape index (κ1) is 26.4. The Bertz CT molecular complexity index is 764. The fourth-order valence-electron chi connectivity index (χ4n) is 2.38. The molecule has 1 rings (SSSR count). The summed E-state index contributed by atoms with van der Waals surface area (Å²) in [4.78, 5) is 12.5. The molecule has 6 heteroatoms. The van der Waals surface area contributed by atoms with Gasteiger partial charge in [0.1, 0.15) is 20.3 Å². The Labute approximate surface area is 184 Å². The fourth-order valence-corrected chi connectivity index (χ4v) is 4.30. The van der Waals surface area contributed by atoms with Crippen molar-refractivity contribution >= 4 is 22.4 Å². The predicted octanol–water partition coefficient (Wildman–Crippen LogP) is 5.42. The molecule has 4 nitrogen and oxygen atoms in total. The van der Waals surface area contributed by atoms with Crippen molar-refractivity contribution in [1.29, 1.82) is 0 Å². The van der Waals surface area contributed by atoms with Crippen LogP contribution in [0.5, 0.6) is 0 Å². The molecule has 0 aliphatic rings. The molecule has 0 spiro atoms. The third kappa shape index (κ3) is 8.61.